The van der Waals surface area contributed by atoms with E-state index in [1.165, 1.54) is 0 Å². The molecule has 4 nitrogen and oxygen atoms in total. The van der Waals surface area contributed by atoms with Gasteiger partial charge in [0.05, 0.1) is 25.0 Å². The maximum absolute atomic E-state index is 9.22. The van der Waals surface area contributed by atoms with E-state index in [9.17, 15) is 5.11 Å². The molecule has 1 saturated heterocycles. The molecular weight excluding hydrogens is 218 g/mol. The van der Waals surface area contributed by atoms with Crippen LogP contribution in [0, 0.1) is 0 Å². The fourth-order valence-corrected chi connectivity index (χ4v) is 2.27. The summed E-state index contributed by atoms with van der Waals surface area (Å²) in [4.78, 5) is 4.03. The average Bonchev–Trinajstić information content (AvgIpc) is 2.28. The first kappa shape index (κ1) is 12.3. The molecule has 2 heterocycles. The number of rotatable bonds is 3. The van der Waals surface area contributed by atoms with Crippen LogP contribution < -0.4 is 4.74 Å². The number of aliphatic hydroxyl groups is 1. The van der Waals surface area contributed by atoms with Gasteiger partial charge in [-0.15, -0.1) is 0 Å². The van der Waals surface area contributed by atoms with E-state index < -0.39 is 0 Å². The van der Waals surface area contributed by atoms with Crippen LogP contribution in [0.5, 0.6) is 5.75 Å². The molecule has 0 aromatic carbocycles. The Kier molecular flexibility index (Phi) is 3.97. The largest absolute Gasteiger partial charge is 0.488 e. The fraction of sp³-hybridized carbons (Fsp3) is 0.615. The molecule has 94 valence electrons. The van der Waals surface area contributed by atoms with E-state index in [0.717, 1.165) is 18.4 Å². The summed E-state index contributed by atoms with van der Waals surface area (Å²) < 4.78 is 11.6. The Labute approximate surface area is 102 Å². The number of hydrogen-bond donors (Lipinski definition) is 1. The number of nitrogens with zero attached hydrogens (tertiary/aromatic N) is 1. The van der Waals surface area contributed by atoms with Crippen molar-refractivity contribution >= 4 is 0 Å². The van der Waals surface area contributed by atoms with Crippen LogP contribution in [0.4, 0.5) is 0 Å². The summed E-state index contributed by atoms with van der Waals surface area (Å²) in [7, 11) is 0. The molecule has 0 aliphatic carbocycles. The molecule has 1 fully saturated rings. The van der Waals surface area contributed by atoms with Crippen molar-refractivity contribution in [1.29, 1.82) is 0 Å². The molecule has 2 atom stereocenters. The summed E-state index contributed by atoms with van der Waals surface area (Å²) in [6.45, 7) is 4.09. The lowest BCUT2D eigenvalue weighted by Crippen LogP contribution is -2.35. The van der Waals surface area contributed by atoms with Crippen molar-refractivity contribution in [2.45, 2.75) is 51.6 Å². The third kappa shape index (κ3) is 3.17. The number of aliphatic hydroxyl groups excluding tert-OH is 1. The first-order valence-corrected chi connectivity index (χ1v) is 6.05. The van der Waals surface area contributed by atoms with Crippen LogP contribution in [0.15, 0.2) is 18.5 Å². The average molecular weight is 237 g/mol. The van der Waals surface area contributed by atoms with Gasteiger partial charge in [-0.05, 0) is 19.9 Å². The quantitative estimate of drug-likeness (QED) is 0.872. The standard InChI is InChI=1S/C13H19NO3/c1-9-5-12(6-10(2)16-9)17-13-7-14-4-3-11(13)8-15/h3-4,7,9-10,12,15H,5-6,8H2,1-2H3. The maximum atomic E-state index is 9.22. The molecule has 0 amide bonds. The molecule has 0 radical (unpaired) electrons. The molecule has 0 bridgehead atoms. The molecule has 1 aliphatic rings. The summed E-state index contributed by atoms with van der Waals surface area (Å²) in [6.07, 6.45) is 5.66. The van der Waals surface area contributed by atoms with Gasteiger partial charge in [0.15, 0.2) is 0 Å². The lowest BCUT2D eigenvalue weighted by Gasteiger charge is -2.32. The van der Waals surface area contributed by atoms with Gasteiger partial charge in [-0.1, -0.05) is 0 Å². The van der Waals surface area contributed by atoms with Crippen LogP contribution in [0.25, 0.3) is 0 Å². The summed E-state index contributed by atoms with van der Waals surface area (Å²) in [5.74, 6) is 0.682. The van der Waals surface area contributed by atoms with Crippen molar-refractivity contribution in [2.75, 3.05) is 0 Å². The lowest BCUT2D eigenvalue weighted by molar-refractivity contribution is -0.0724. The zero-order chi connectivity index (χ0) is 12.3. The Morgan fingerprint density at radius 1 is 1.41 bits per heavy atom. The van der Waals surface area contributed by atoms with Gasteiger partial charge in [0.2, 0.25) is 0 Å². The van der Waals surface area contributed by atoms with E-state index in [1.807, 2.05) is 0 Å². The predicted molar refractivity (Wildman–Crippen MR) is 63.8 cm³/mol. The Morgan fingerprint density at radius 2 is 2.12 bits per heavy atom. The van der Waals surface area contributed by atoms with Gasteiger partial charge >= 0.3 is 0 Å². The third-order valence-corrected chi connectivity index (χ3v) is 2.99. The minimum Gasteiger partial charge on any atom is -0.488 e. The van der Waals surface area contributed by atoms with E-state index in [2.05, 4.69) is 18.8 Å². The third-order valence-electron chi connectivity index (χ3n) is 2.99. The highest BCUT2D eigenvalue weighted by Gasteiger charge is 2.26. The number of aromatic nitrogens is 1. The van der Waals surface area contributed by atoms with Crippen LogP contribution >= 0.6 is 0 Å². The molecule has 1 aromatic heterocycles. The topological polar surface area (TPSA) is 51.6 Å². The van der Waals surface area contributed by atoms with Crippen molar-refractivity contribution in [3.63, 3.8) is 0 Å². The second-order valence-electron chi connectivity index (χ2n) is 4.61. The molecule has 0 saturated carbocycles. The van der Waals surface area contributed by atoms with E-state index in [0.29, 0.717) is 5.75 Å². The van der Waals surface area contributed by atoms with Gasteiger partial charge in [0.1, 0.15) is 11.9 Å². The fourth-order valence-electron chi connectivity index (χ4n) is 2.27. The smallest absolute Gasteiger partial charge is 0.143 e. The highest BCUT2D eigenvalue weighted by atomic mass is 16.5. The van der Waals surface area contributed by atoms with Crippen molar-refractivity contribution in [1.82, 2.24) is 4.98 Å². The van der Waals surface area contributed by atoms with Crippen molar-refractivity contribution in [3.05, 3.63) is 24.0 Å². The predicted octanol–water partition coefficient (Wildman–Crippen LogP) is 1.91. The molecule has 1 aromatic rings. The van der Waals surface area contributed by atoms with E-state index >= 15 is 0 Å². The Hall–Kier alpha value is -1.13. The Morgan fingerprint density at radius 3 is 2.76 bits per heavy atom. The first-order valence-electron chi connectivity index (χ1n) is 6.05. The summed E-state index contributed by atoms with van der Waals surface area (Å²) in [6, 6.07) is 1.78. The Bertz CT molecular complexity index is 359. The number of ether oxygens (including phenoxy) is 2. The summed E-state index contributed by atoms with van der Waals surface area (Å²) in [5.41, 5.74) is 0.784. The highest BCUT2D eigenvalue weighted by Crippen LogP contribution is 2.25. The van der Waals surface area contributed by atoms with Gasteiger partial charge in [-0.25, -0.2) is 0 Å². The summed E-state index contributed by atoms with van der Waals surface area (Å²) >= 11 is 0. The van der Waals surface area contributed by atoms with Crippen LogP contribution in [0.3, 0.4) is 0 Å². The zero-order valence-electron chi connectivity index (χ0n) is 10.3. The van der Waals surface area contributed by atoms with E-state index in [4.69, 9.17) is 9.47 Å². The highest BCUT2D eigenvalue weighted by molar-refractivity contribution is 5.29. The van der Waals surface area contributed by atoms with Crippen molar-refractivity contribution in [2.24, 2.45) is 0 Å². The van der Waals surface area contributed by atoms with Crippen LogP contribution in [-0.4, -0.2) is 28.4 Å². The van der Waals surface area contributed by atoms with Gasteiger partial charge in [0, 0.05) is 24.6 Å². The SMILES string of the molecule is CC1CC(Oc2cnccc2CO)CC(C)O1. The molecule has 4 heteroatoms. The number of hydrogen-bond acceptors (Lipinski definition) is 4. The number of pyridine rings is 1. The monoisotopic (exact) mass is 237 g/mol. The van der Waals surface area contributed by atoms with E-state index in [-0.39, 0.29) is 24.9 Å². The van der Waals surface area contributed by atoms with Gasteiger partial charge in [-0.2, -0.15) is 0 Å². The summed E-state index contributed by atoms with van der Waals surface area (Å²) in [5, 5.41) is 9.22. The van der Waals surface area contributed by atoms with Gasteiger partial charge in [0.25, 0.3) is 0 Å². The van der Waals surface area contributed by atoms with Crippen molar-refractivity contribution < 1.29 is 14.6 Å². The van der Waals surface area contributed by atoms with Gasteiger partial charge < -0.3 is 14.6 Å². The molecule has 2 rings (SSSR count). The molecule has 1 N–H and O–H groups in total. The normalized spacial score (nSPS) is 29.0. The van der Waals surface area contributed by atoms with Gasteiger partial charge in [-0.3, -0.25) is 4.98 Å². The van der Waals surface area contributed by atoms with Crippen molar-refractivity contribution in [3.8, 4) is 5.75 Å². The second-order valence-corrected chi connectivity index (χ2v) is 4.61. The lowest BCUT2D eigenvalue weighted by atomic mass is 10.0. The minimum absolute atomic E-state index is 0.0216. The molecule has 2 unspecified atom stereocenters. The maximum Gasteiger partial charge on any atom is 0.143 e. The zero-order valence-corrected chi connectivity index (χ0v) is 10.3. The van der Waals surface area contributed by atoms with Crippen LogP contribution in [0.1, 0.15) is 32.3 Å². The Balaban J connectivity index is 2.04. The van der Waals surface area contributed by atoms with Crippen LogP contribution in [-0.2, 0) is 11.3 Å². The molecule has 17 heavy (non-hydrogen) atoms. The molecule has 0 spiro atoms. The molecular formula is C13H19NO3. The van der Waals surface area contributed by atoms with Crippen LogP contribution in [0.2, 0.25) is 0 Å². The van der Waals surface area contributed by atoms with E-state index in [1.54, 1.807) is 18.5 Å². The minimum atomic E-state index is -0.0216. The second kappa shape index (κ2) is 5.47. The first-order chi connectivity index (χ1) is 8.19. The molecule has 1 aliphatic heterocycles.